The summed E-state index contributed by atoms with van der Waals surface area (Å²) in [5.74, 6) is 0.385. The van der Waals surface area contributed by atoms with Gasteiger partial charge in [-0.05, 0) is 42.7 Å². The number of methoxy groups -OCH3 is 2. The lowest BCUT2D eigenvalue weighted by atomic mass is 10.0. The largest absolute Gasteiger partial charge is 0.496 e. The van der Waals surface area contributed by atoms with Gasteiger partial charge >= 0.3 is 0 Å². The number of benzene rings is 2. The lowest BCUT2D eigenvalue weighted by Crippen LogP contribution is -2.34. The Balaban J connectivity index is 1.95. The highest BCUT2D eigenvalue weighted by molar-refractivity contribution is 7.92. The van der Waals surface area contributed by atoms with Gasteiger partial charge in [0.05, 0.1) is 26.2 Å². The molecular weight excluding hydrogens is 368 g/mol. The van der Waals surface area contributed by atoms with Crippen LogP contribution >= 0.6 is 0 Å². The lowest BCUT2D eigenvalue weighted by Gasteiger charge is -2.29. The molecule has 1 N–H and O–H groups in total. The molecule has 1 heterocycles. The lowest BCUT2D eigenvalue weighted by molar-refractivity contribution is 0.102. The summed E-state index contributed by atoms with van der Waals surface area (Å²) in [5.41, 5.74) is 2.33. The number of anilines is 2. The molecule has 2 aromatic carbocycles. The van der Waals surface area contributed by atoms with E-state index in [1.54, 1.807) is 30.3 Å². The molecule has 7 nitrogen and oxygen atoms in total. The van der Waals surface area contributed by atoms with E-state index in [2.05, 4.69) is 5.32 Å². The Morgan fingerprint density at radius 1 is 1.11 bits per heavy atom. The molecule has 0 spiro atoms. The number of hydrogen-bond donors (Lipinski definition) is 1. The van der Waals surface area contributed by atoms with Gasteiger partial charge in [-0.3, -0.25) is 9.10 Å². The summed E-state index contributed by atoms with van der Waals surface area (Å²) >= 11 is 0. The second kappa shape index (κ2) is 7.48. The number of aryl methyl sites for hydroxylation is 1. The van der Waals surface area contributed by atoms with E-state index in [4.69, 9.17) is 9.47 Å². The highest BCUT2D eigenvalue weighted by atomic mass is 32.2. The van der Waals surface area contributed by atoms with Crippen LogP contribution in [0, 0.1) is 0 Å². The number of fused-ring (bicyclic) bond motifs is 1. The van der Waals surface area contributed by atoms with Crippen LogP contribution in [0.15, 0.2) is 36.4 Å². The molecule has 0 aromatic heterocycles. The number of rotatable bonds is 5. The maximum Gasteiger partial charge on any atom is 0.263 e. The summed E-state index contributed by atoms with van der Waals surface area (Å²) in [6.07, 6.45) is 2.76. The van der Waals surface area contributed by atoms with E-state index in [1.807, 2.05) is 6.07 Å². The third-order valence-corrected chi connectivity index (χ3v) is 5.65. The van der Waals surface area contributed by atoms with Gasteiger partial charge in [-0.1, -0.05) is 12.1 Å². The van der Waals surface area contributed by atoms with E-state index in [0.717, 1.165) is 18.4 Å². The summed E-state index contributed by atoms with van der Waals surface area (Å²) in [6.45, 7) is 0.434. The number of nitrogens with one attached hydrogen (secondary N) is 1. The van der Waals surface area contributed by atoms with E-state index in [9.17, 15) is 13.2 Å². The summed E-state index contributed by atoms with van der Waals surface area (Å²) in [6, 6.07) is 10.4. The number of carbonyl (C=O) groups excluding carboxylic acids is 1. The molecule has 0 fully saturated rings. The molecule has 0 aliphatic carbocycles. The van der Waals surface area contributed by atoms with Crippen molar-refractivity contribution in [2.45, 2.75) is 12.8 Å². The van der Waals surface area contributed by atoms with Crippen LogP contribution in [0.2, 0.25) is 0 Å². The Hall–Kier alpha value is -2.74. The molecule has 144 valence electrons. The van der Waals surface area contributed by atoms with Crippen molar-refractivity contribution in [3.8, 4) is 11.5 Å². The Morgan fingerprint density at radius 2 is 1.78 bits per heavy atom. The number of carbonyl (C=O) groups is 1. The highest BCUT2D eigenvalue weighted by Crippen LogP contribution is 2.33. The molecule has 1 aliphatic heterocycles. The van der Waals surface area contributed by atoms with E-state index >= 15 is 0 Å². The third kappa shape index (κ3) is 3.85. The SMILES string of the molecule is COc1cccc(OC)c1C(=O)Nc1ccc2c(c1)N(S(C)(=O)=O)CCC2. The van der Waals surface area contributed by atoms with Gasteiger partial charge in [0, 0.05) is 12.2 Å². The standard InChI is InChI=1S/C19H22N2O5S/c1-25-16-7-4-8-17(26-2)18(16)19(22)20-14-10-9-13-6-5-11-21(15(13)12-14)27(3,23)24/h4,7-10,12H,5-6,11H2,1-3H3,(H,20,22). The maximum atomic E-state index is 12.8. The van der Waals surface area contributed by atoms with Gasteiger partial charge in [-0.15, -0.1) is 0 Å². The smallest absolute Gasteiger partial charge is 0.263 e. The van der Waals surface area contributed by atoms with Crippen LogP contribution < -0.4 is 19.1 Å². The van der Waals surface area contributed by atoms with Crippen LogP contribution in [0.5, 0.6) is 11.5 Å². The molecule has 0 unspecified atom stereocenters. The number of amides is 1. The van der Waals surface area contributed by atoms with Crippen LogP contribution in [0.3, 0.4) is 0 Å². The first-order chi connectivity index (χ1) is 12.8. The molecule has 1 aliphatic rings. The van der Waals surface area contributed by atoms with E-state index in [0.29, 0.717) is 29.4 Å². The van der Waals surface area contributed by atoms with Gasteiger partial charge in [0.25, 0.3) is 5.91 Å². The van der Waals surface area contributed by atoms with Crippen molar-refractivity contribution >= 4 is 27.3 Å². The maximum absolute atomic E-state index is 12.8. The molecular formula is C19H22N2O5S. The van der Waals surface area contributed by atoms with E-state index in [1.165, 1.54) is 24.8 Å². The molecule has 0 atom stereocenters. The number of sulfonamides is 1. The average Bonchev–Trinajstić information content (AvgIpc) is 2.65. The van der Waals surface area contributed by atoms with Crippen molar-refractivity contribution in [3.05, 3.63) is 47.5 Å². The van der Waals surface area contributed by atoms with Gasteiger partial charge in [-0.2, -0.15) is 0 Å². The first kappa shape index (κ1) is 19.0. The second-order valence-corrected chi connectivity index (χ2v) is 8.18. The van der Waals surface area contributed by atoms with Gasteiger partial charge in [-0.25, -0.2) is 8.42 Å². The molecule has 0 saturated heterocycles. The van der Waals surface area contributed by atoms with Crippen molar-refractivity contribution in [1.82, 2.24) is 0 Å². The van der Waals surface area contributed by atoms with Gasteiger partial charge < -0.3 is 14.8 Å². The fourth-order valence-corrected chi connectivity index (χ4v) is 4.22. The predicted molar refractivity (Wildman–Crippen MR) is 104 cm³/mol. The number of ether oxygens (including phenoxy) is 2. The molecule has 27 heavy (non-hydrogen) atoms. The summed E-state index contributed by atoms with van der Waals surface area (Å²) < 4.78 is 36.1. The monoisotopic (exact) mass is 390 g/mol. The zero-order valence-electron chi connectivity index (χ0n) is 15.5. The molecule has 2 aromatic rings. The molecule has 3 rings (SSSR count). The Bertz CT molecular complexity index is 950. The van der Waals surface area contributed by atoms with Crippen molar-refractivity contribution in [2.75, 3.05) is 36.6 Å². The van der Waals surface area contributed by atoms with Crippen LogP contribution in [0.1, 0.15) is 22.3 Å². The number of nitrogens with zero attached hydrogens (tertiary/aromatic N) is 1. The zero-order chi connectivity index (χ0) is 19.6. The third-order valence-electron chi connectivity index (χ3n) is 4.47. The fourth-order valence-electron chi connectivity index (χ4n) is 3.23. The minimum absolute atomic E-state index is 0.278. The van der Waals surface area contributed by atoms with Crippen molar-refractivity contribution in [1.29, 1.82) is 0 Å². The molecule has 1 amide bonds. The van der Waals surface area contributed by atoms with Crippen molar-refractivity contribution in [3.63, 3.8) is 0 Å². The average molecular weight is 390 g/mol. The van der Waals surface area contributed by atoms with Crippen LogP contribution in [0.25, 0.3) is 0 Å². The molecule has 0 saturated carbocycles. The zero-order valence-corrected chi connectivity index (χ0v) is 16.3. The topological polar surface area (TPSA) is 84.9 Å². The Kier molecular flexibility index (Phi) is 5.27. The summed E-state index contributed by atoms with van der Waals surface area (Å²) in [4.78, 5) is 12.8. The fraction of sp³-hybridized carbons (Fsp3) is 0.316. The van der Waals surface area contributed by atoms with Gasteiger partial charge in [0.1, 0.15) is 17.1 Å². The van der Waals surface area contributed by atoms with Gasteiger partial charge in [0.15, 0.2) is 0 Å². The normalized spacial score (nSPS) is 13.7. The first-order valence-electron chi connectivity index (χ1n) is 8.48. The van der Waals surface area contributed by atoms with E-state index < -0.39 is 15.9 Å². The molecule has 0 bridgehead atoms. The van der Waals surface area contributed by atoms with Crippen LogP contribution in [-0.4, -0.2) is 41.3 Å². The van der Waals surface area contributed by atoms with Crippen LogP contribution in [-0.2, 0) is 16.4 Å². The Morgan fingerprint density at radius 3 is 2.37 bits per heavy atom. The van der Waals surface area contributed by atoms with Crippen molar-refractivity contribution in [2.24, 2.45) is 0 Å². The van der Waals surface area contributed by atoms with Gasteiger partial charge in [0.2, 0.25) is 10.0 Å². The quantitative estimate of drug-likeness (QED) is 0.848. The second-order valence-electron chi connectivity index (χ2n) is 6.27. The number of hydrogen-bond acceptors (Lipinski definition) is 5. The first-order valence-corrected chi connectivity index (χ1v) is 10.3. The van der Waals surface area contributed by atoms with Crippen molar-refractivity contribution < 1.29 is 22.7 Å². The molecule has 0 radical (unpaired) electrons. The Labute approximate surface area is 158 Å². The highest BCUT2D eigenvalue weighted by Gasteiger charge is 2.25. The summed E-state index contributed by atoms with van der Waals surface area (Å²) in [5, 5.41) is 2.81. The minimum Gasteiger partial charge on any atom is -0.496 e. The van der Waals surface area contributed by atoms with E-state index in [-0.39, 0.29) is 5.56 Å². The summed E-state index contributed by atoms with van der Waals surface area (Å²) in [7, 11) is -0.416. The van der Waals surface area contributed by atoms with Crippen LogP contribution in [0.4, 0.5) is 11.4 Å². The predicted octanol–water partition coefficient (Wildman–Crippen LogP) is 2.67. The minimum atomic E-state index is -3.38. The molecule has 8 heteroatoms.